The molecule has 3 N–H and O–H groups in total. The van der Waals surface area contributed by atoms with Crippen molar-refractivity contribution in [3.63, 3.8) is 0 Å². The van der Waals surface area contributed by atoms with E-state index in [0.717, 1.165) is 33.4 Å². The van der Waals surface area contributed by atoms with Gasteiger partial charge in [0.2, 0.25) is 11.8 Å². The summed E-state index contributed by atoms with van der Waals surface area (Å²) in [5, 5.41) is 15.7. The number of alkyl carbamates (subject to hydrolysis) is 1. The molecule has 4 aromatic rings. The van der Waals surface area contributed by atoms with E-state index in [-0.39, 0.29) is 56.9 Å². The quantitative estimate of drug-likeness (QED) is 0.0799. The molecule has 0 fully saturated rings. The highest BCUT2D eigenvalue weighted by Crippen LogP contribution is 2.44. The predicted octanol–water partition coefficient (Wildman–Crippen LogP) is 6.79. The lowest BCUT2D eigenvalue weighted by atomic mass is 9.92. The van der Waals surface area contributed by atoms with Crippen LogP contribution in [0.2, 0.25) is 0 Å². The normalized spacial score (nSPS) is 15.9. The van der Waals surface area contributed by atoms with Crippen molar-refractivity contribution < 1.29 is 33.8 Å². The van der Waals surface area contributed by atoms with E-state index < -0.39 is 36.0 Å². The molecule has 56 heavy (non-hydrogen) atoms. The number of hydrogen-bond donors (Lipinski definition) is 3. The molecular formula is C46H49N3O7. The topological polar surface area (TPSA) is 134 Å². The Balaban J connectivity index is 1.09. The minimum Gasteiger partial charge on any atom is -0.454 e. The van der Waals surface area contributed by atoms with Gasteiger partial charge in [0.05, 0.1) is 25.1 Å². The minimum atomic E-state index is -1.05. The molecule has 4 aromatic carbocycles. The molecule has 2 aliphatic rings. The number of aliphatic hydroxyl groups is 1. The number of fused-ring (bicyclic) bond motifs is 4. The molecule has 290 valence electrons. The molecule has 3 amide bonds. The van der Waals surface area contributed by atoms with E-state index in [1.165, 1.54) is 0 Å². The van der Waals surface area contributed by atoms with Gasteiger partial charge in [-0.1, -0.05) is 115 Å². The molecule has 0 bridgehead atoms. The van der Waals surface area contributed by atoms with Crippen LogP contribution < -0.4 is 10.6 Å². The zero-order chi connectivity index (χ0) is 39.4. The summed E-state index contributed by atoms with van der Waals surface area (Å²) in [7, 11) is 0. The Morgan fingerprint density at radius 1 is 0.839 bits per heavy atom. The second-order valence-electron chi connectivity index (χ2n) is 14.2. The van der Waals surface area contributed by atoms with Gasteiger partial charge in [-0.25, -0.2) is 9.59 Å². The van der Waals surface area contributed by atoms with Gasteiger partial charge in [-0.05, 0) is 64.6 Å². The van der Waals surface area contributed by atoms with Crippen molar-refractivity contribution in [1.82, 2.24) is 15.5 Å². The summed E-state index contributed by atoms with van der Waals surface area (Å²) in [6, 6.07) is 31.5. The number of hydrogen-bond acceptors (Lipinski definition) is 7. The van der Waals surface area contributed by atoms with Gasteiger partial charge in [0, 0.05) is 18.9 Å². The maximum Gasteiger partial charge on any atom is 0.407 e. The molecule has 10 heteroatoms. The zero-order valence-corrected chi connectivity index (χ0v) is 31.5. The summed E-state index contributed by atoms with van der Waals surface area (Å²) >= 11 is 0. The smallest absolute Gasteiger partial charge is 0.407 e. The third kappa shape index (κ3) is 9.44. The van der Waals surface area contributed by atoms with Gasteiger partial charge in [0.1, 0.15) is 18.8 Å². The van der Waals surface area contributed by atoms with Gasteiger partial charge in [0.25, 0.3) is 0 Å². The highest BCUT2D eigenvalue weighted by molar-refractivity contribution is 5.86. The Bertz CT molecular complexity index is 1990. The van der Waals surface area contributed by atoms with Gasteiger partial charge in [0.15, 0.2) is 0 Å². The van der Waals surface area contributed by atoms with Crippen molar-refractivity contribution in [3.05, 3.63) is 156 Å². The Hall–Kier alpha value is -6.00. The average Bonchev–Trinajstić information content (AvgIpc) is 3.55. The van der Waals surface area contributed by atoms with E-state index >= 15 is 0 Å². The number of esters is 1. The van der Waals surface area contributed by atoms with Crippen molar-refractivity contribution in [3.8, 4) is 11.1 Å². The monoisotopic (exact) mass is 755 g/mol. The summed E-state index contributed by atoms with van der Waals surface area (Å²) < 4.78 is 11.7. The summed E-state index contributed by atoms with van der Waals surface area (Å²) in [5.41, 5.74) is 7.11. The van der Waals surface area contributed by atoms with E-state index in [9.17, 15) is 24.3 Å². The zero-order valence-electron chi connectivity index (χ0n) is 31.5. The lowest BCUT2D eigenvalue weighted by Gasteiger charge is -2.36. The lowest BCUT2D eigenvalue weighted by molar-refractivity contribution is -0.152. The SMILES string of the molecule is C=CCC[C@H](NC(=O)OCC1c2ccccc2-c2ccccc21)C(=O)O[C@H](CNC(=O)[C@H](CC=C)CC(=O)N1Cc2ccccc2C[C@H]1CO)c1ccccc1. The fourth-order valence-electron chi connectivity index (χ4n) is 7.63. The number of amides is 3. The molecule has 6 rings (SSSR count). The molecule has 4 atom stereocenters. The second kappa shape index (κ2) is 19.0. The first-order valence-electron chi connectivity index (χ1n) is 19.1. The van der Waals surface area contributed by atoms with Gasteiger partial charge in [-0.3, -0.25) is 9.59 Å². The van der Waals surface area contributed by atoms with E-state index in [2.05, 4.69) is 35.9 Å². The lowest BCUT2D eigenvalue weighted by Crippen LogP contribution is -2.47. The molecular weight excluding hydrogens is 707 g/mol. The Morgan fingerprint density at radius 3 is 2.14 bits per heavy atom. The van der Waals surface area contributed by atoms with Crippen LogP contribution in [0, 0.1) is 5.92 Å². The number of benzene rings is 4. The van der Waals surface area contributed by atoms with Crippen LogP contribution in [0.4, 0.5) is 4.79 Å². The fraction of sp³-hybridized carbons (Fsp3) is 0.304. The fourth-order valence-corrected chi connectivity index (χ4v) is 7.63. The molecule has 0 unspecified atom stereocenters. The first kappa shape index (κ1) is 39.7. The Morgan fingerprint density at radius 2 is 1.48 bits per heavy atom. The second-order valence-corrected chi connectivity index (χ2v) is 14.2. The largest absolute Gasteiger partial charge is 0.454 e. The van der Waals surface area contributed by atoms with E-state index in [1.807, 2.05) is 66.7 Å². The third-order valence-electron chi connectivity index (χ3n) is 10.6. The third-order valence-corrected chi connectivity index (χ3v) is 10.6. The molecule has 0 aromatic heterocycles. The maximum atomic E-state index is 13.8. The molecule has 0 spiro atoms. The molecule has 1 aliphatic heterocycles. The van der Waals surface area contributed by atoms with E-state index in [1.54, 1.807) is 41.3 Å². The van der Waals surface area contributed by atoms with Crippen LogP contribution in [-0.2, 0) is 36.8 Å². The minimum absolute atomic E-state index is 0.0775. The van der Waals surface area contributed by atoms with Crippen LogP contribution in [0.25, 0.3) is 11.1 Å². The van der Waals surface area contributed by atoms with Crippen LogP contribution in [-0.4, -0.2) is 65.7 Å². The van der Waals surface area contributed by atoms with Gasteiger partial charge >= 0.3 is 12.1 Å². The number of nitrogens with one attached hydrogen (secondary N) is 2. The summed E-state index contributed by atoms with van der Waals surface area (Å²) in [4.78, 5) is 56.0. The number of carbonyl (C=O) groups is 4. The van der Waals surface area contributed by atoms with E-state index in [0.29, 0.717) is 24.9 Å². The van der Waals surface area contributed by atoms with Crippen molar-refractivity contribution in [2.75, 3.05) is 19.8 Å². The van der Waals surface area contributed by atoms with Crippen molar-refractivity contribution >= 4 is 23.9 Å². The van der Waals surface area contributed by atoms with Gasteiger partial charge in [-0.15, -0.1) is 13.2 Å². The molecule has 0 saturated heterocycles. The number of ether oxygens (including phenoxy) is 2. The molecule has 10 nitrogen and oxygen atoms in total. The highest BCUT2D eigenvalue weighted by atomic mass is 16.6. The summed E-state index contributed by atoms with van der Waals surface area (Å²) in [6.07, 6.45) is 2.94. The molecule has 1 heterocycles. The maximum absolute atomic E-state index is 13.8. The number of allylic oxidation sites excluding steroid dienone is 2. The molecule has 0 radical (unpaired) electrons. The number of nitrogens with zero attached hydrogens (tertiary/aromatic N) is 1. The van der Waals surface area contributed by atoms with Crippen molar-refractivity contribution in [1.29, 1.82) is 0 Å². The predicted molar refractivity (Wildman–Crippen MR) is 214 cm³/mol. The number of rotatable bonds is 17. The van der Waals surface area contributed by atoms with Gasteiger partial charge < -0.3 is 30.1 Å². The van der Waals surface area contributed by atoms with Crippen LogP contribution in [0.5, 0.6) is 0 Å². The number of carbonyl (C=O) groups excluding carboxylic acids is 4. The van der Waals surface area contributed by atoms with Crippen LogP contribution in [0.1, 0.15) is 65.5 Å². The van der Waals surface area contributed by atoms with Crippen molar-refractivity contribution in [2.24, 2.45) is 5.92 Å². The Labute approximate surface area is 328 Å². The Kier molecular flexibility index (Phi) is 13.5. The average molecular weight is 756 g/mol. The summed E-state index contributed by atoms with van der Waals surface area (Å²) in [6.45, 7) is 7.75. The van der Waals surface area contributed by atoms with Crippen molar-refractivity contribution in [2.45, 2.75) is 62.8 Å². The standard InChI is InChI=1S/C46H49N3O7/c1-3-5-24-41(48-46(54)55-30-40-38-22-13-11-20-36(38)37-21-12-14-23-39(37)40)45(53)56-42(31-16-7-6-8-17-31)27-47-44(52)33(15-4-2)26-43(51)49-28-34-19-10-9-18-32(34)25-35(49)29-50/h3-4,6-14,16-23,33,35,40-42,50H,1-2,5,15,24-30H2,(H,47,52)(H,48,54)/t33-,35+,41+,42-/m1/s1. The molecule has 1 aliphatic carbocycles. The number of aliphatic hydroxyl groups excluding tert-OH is 1. The first-order chi connectivity index (χ1) is 27.3. The van der Waals surface area contributed by atoms with Crippen LogP contribution in [0.3, 0.4) is 0 Å². The van der Waals surface area contributed by atoms with Crippen LogP contribution in [0.15, 0.2) is 128 Å². The van der Waals surface area contributed by atoms with Gasteiger partial charge in [-0.2, -0.15) is 0 Å². The highest BCUT2D eigenvalue weighted by Gasteiger charge is 2.34. The van der Waals surface area contributed by atoms with Crippen LogP contribution >= 0.6 is 0 Å². The van der Waals surface area contributed by atoms with E-state index in [4.69, 9.17) is 9.47 Å². The summed E-state index contributed by atoms with van der Waals surface area (Å²) in [5.74, 6) is -2.21. The first-order valence-corrected chi connectivity index (χ1v) is 19.1. The molecule has 0 saturated carbocycles.